The molecule has 2 unspecified atom stereocenters. The third-order valence-electron chi connectivity index (χ3n) is 4.93. The van der Waals surface area contributed by atoms with Crippen molar-refractivity contribution in [2.24, 2.45) is 0 Å². The number of unbranched alkanes of at least 4 members (excludes halogenated alkanes) is 1. The van der Waals surface area contributed by atoms with Crippen molar-refractivity contribution in [2.45, 2.75) is 58.0 Å². The molecular formula is C20H30N4O. The van der Waals surface area contributed by atoms with Crippen LogP contribution in [0.2, 0.25) is 0 Å². The van der Waals surface area contributed by atoms with Crippen molar-refractivity contribution in [2.75, 3.05) is 19.6 Å². The maximum atomic E-state index is 12.2. The first-order valence-electron chi connectivity index (χ1n) is 9.42. The molecule has 2 atom stereocenters. The van der Waals surface area contributed by atoms with Gasteiger partial charge in [0.05, 0.1) is 17.7 Å². The fourth-order valence-electron chi connectivity index (χ4n) is 3.33. The lowest BCUT2D eigenvalue weighted by Gasteiger charge is -2.35. The summed E-state index contributed by atoms with van der Waals surface area (Å²) in [5, 5.41) is 14.9. The predicted octanol–water partition coefficient (Wildman–Crippen LogP) is 3.57. The molecule has 1 aliphatic heterocycles. The largest absolute Gasteiger partial charge is 0.337 e. The number of piperidine rings is 1. The van der Waals surface area contributed by atoms with Crippen molar-refractivity contribution in [3.05, 3.63) is 35.4 Å². The topological polar surface area (TPSA) is 68.2 Å². The van der Waals surface area contributed by atoms with E-state index in [1.165, 1.54) is 25.7 Å². The molecule has 1 saturated heterocycles. The Morgan fingerprint density at radius 3 is 2.80 bits per heavy atom. The standard InChI is InChI=1S/C20H30N4O/c1-3-4-12-24-13-6-5-7-19(24)15-22-20(25)23-16(2)18-10-8-17(14-21)9-11-18/h8-11,16,19H,3-7,12-13,15H2,1-2H3,(H2,22,23,25). The Hall–Kier alpha value is -2.06. The van der Waals surface area contributed by atoms with Gasteiger partial charge in [-0.25, -0.2) is 4.79 Å². The minimum Gasteiger partial charge on any atom is -0.337 e. The number of amides is 2. The Bertz CT molecular complexity index is 578. The van der Waals surface area contributed by atoms with E-state index >= 15 is 0 Å². The second-order valence-electron chi connectivity index (χ2n) is 6.85. The fourth-order valence-corrected chi connectivity index (χ4v) is 3.33. The molecule has 0 aromatic heterocycles. The van der Waals surface area contributed by atoms with Crippen molar-refractivity contribution in [1.82, 2.24) is 15.5 Å². The van der Waals surface area contributed by atoms with Gasteiger partial charge >= 0.3 is 6.03 Å². The van der Waals surface area contributed by atoms with E-state index in [0.29, 0.717) is 18.2 Å². The van der Waals surface area contributed by atoms with Crippen LogP contribution in [0.5, 0.6) is 0 Å². The number of benzene rings is 1. The normalized spacial score (nSPS) is 19.0. The van der Waals surface area contributed by atoms with Gasteiger partial charge in [-0.2, -0.15) is 5.26 Å². The monoisotopic (exact) mass is 342 g/mol. The zero-order valence-corrected chi connectivity index (χ0v) is 15.4. The number of hydrogen-bond donors (Lipinski definition) is 2. The van der Waals surface area contributed by atoms with Gasteiger partial charge in [-0.3, -0.25) is 4.90 Å². The lowest BCUT2D eigenvalue weighted by atomic mass is 10.0. The second-order valence-corrected chi connectivity index (χ2v) is 6.85. The molecule has 1 aromatic rings. The van der Waals surface area contributed by atoms with Crippen LogP contribution in [-0.4, -0.2) is 36.6 Å². The number of rotatable bonds is 7. The van der Waals surface area contributed by atoms with Crippen molar-refractivity contribution >= 4 is 6.03 Å². The third kappa shape index (κ3) is 6.06. The first-order chi connectivity index (χ1) is 12.1. The number of hydrogen-bond acceptors (Lipinski definition) is 3. The average molecular weight is 342 g/mol. The minimum atomic E-state index is -0.127. The van der Waals surface area contributed by atoms with E-state index in [2.05, 4.69) is 28.5 Å². The molecule has 25 heavy (non-hydrogen) atoms. The van der Waals surface area contributed by atoms with E-state index in [1.54, 1.807) is 12.1 Å². The smallest absolute Gasteiger partial charge is 0.315 e. The van der Waals surface area contributed by atoms with Gasteiger partial charge in [-0.1, -0.05) is 31.9 Å². The summed E-state index contributed by atoms with van der Waals surface area (Å²) in [6, 6.07) is 9.67. The van der Waals surface area contributed by atoms with Gasteiger partial charge in [0.15, 0.2) is 0 Å². The zero-order valence-electron chi connectivity index (χ0n) is 15.4. The molecule has 0 saturated carbocycles. The quantitative estimate of drug-likeness (QED) is 0.796. The molecule has 1 heterocycles. The van der Waals surface area contributed by atoms with Gasteiger partial charge < -0.3 is 10.6 Å². The Kier molecular flexibility index (Phi) is 7.75. The summed E-state index contributed by atoms with van der Waals surface area (Å²) < 4.78 is 0. The summed E-state index contributed by atoms with van der Waals surface area (Å²) in [7, 11) is 0. The molecule has 1 aliphatic rings. The highest BCUT2D eigenvalue weighted by Crippen LogP contribution is 2.17. The van der Waals surface area contributed by atoms with Crippen molar-refractivity contribution in [1.29, 1.82) is 5.26 Å². The molecule has 2 amide bonds. The van der Waals surface area contributed by atoms with E-state index in [9.17, 15) is 4.79 Å². The highest BCUT2D eigenvalue weighted by atomic mass is 16.2. The molecule has 5 nitrogen and oxygen atoms in total. The maximum absolute atomic E-state index is 12.2. The number of likely N-dealkylation sites (tertiary alicyclic amines) is 1. The SMILES string of the molecule is CCCCN1CCCCC1CNC(=O)NC(C)c1ccc(C#N)cc1. The van der Waals surface area contributed by atoms with Gasteiger partial charge in [-0.15, -0.1) is 0 Å². The summed E-state index contributed by atoms with van der Waals surface area (Å²) in [6.45, 7) is 7.15. The van der Waals surface area contributed by atoms with Crippen LogP contribution in [0.15, 0.2) is 24.3 Å². The highest BCUT2D eigenvalue weighted by Gasteiger charge is 2.22. The van der Waals surface area contributed by atoms with Gasteiger partial charge in [0.25, 0.3) is 0 Å². The number of nitriles is 1. The van der Waals surface area contributed by atoms with Crippen LogP contribution in [0.25, 0.3) is 0 Å². The minimum absolute atomic E-state index is 0.0877. The highest BCUT2D eigenvalue weighted by molar-refractivity contribution is 5.74. The van der Waals surface area contributed by atoms with Crippen LogP contribution in [0.3, 0.4) is 0 Å². The Morgan fingerprint density at radius 1 is 1.36 bits per heavy atom. The lowest BCUT2D eigenvalue weighted by molar-refractivity contribution is 0.144. The molecular weight excluding hydrogens is 312 g/mol. The van der Waals surface area contributed by atoms with Crippen LogP contribution in [0.4, 0.5) is 4.79 Å². The van der Waals surface area contributed by atoms with Crippen molar-refractivity contribution < 1.29 is 4.79 Å². The van der Waals surface area contributed by atoms with E-state index in [4.69, 9.17) is 5.26 Å². The first-order valence-corrected chi connectivity index (χ1v) is 9.42. The number of carbonyl (C=O) groups excluding carboxylic acids is 1. The van der Waals surface area contributed by atoms with Gasteiger partial charge in [0.2, 0.25) is 0 Å². The zero-order chi connectivity index (χ0) is 18.1. The molecule has 5 heteroatoms. The number of nitrogens with zero attached hydrogens (tertiary/aromatic N) is 2. The van der Waals surface area contributed by atoms with Crippen molar-refractivity contribution in [3.63, 3.8) is 0 Å². The van der Waals surface area contributed by atoms with E-state index in [-0.39, 0.29) is 12.1 Å². The van der Waals surface area contributed by atoms with Crippen molar-refractivity contribution in [3.8, 4) is 6.07 Å². The predicted molar refractivity (Wildman–Crippen MR) is 100 cm³/mol. The number of urea groups is 1. The summed E-state index contributed by atoms with van der Waals surface area (Å²) >= 11 is 0. The van der Waals surface area contributed by atoms with Gasteiger partial charge in [0, 0.05) is 12.6 Å². The number of nitrogens with one attached hydrogen (secondary N) is 2. The fraction of sp³-hybridized carbons (Fsp3) is 0.600. The summed E-state index contributed by atoms with van der Waals surface area (Å²) in [4.78, 5) is 14.7. The summed E-state index contributed by atoms with van der Waals surface area (Å²) in [5.41, 5.74) is 1.63. The second kappa shape index (κ2) is 10.0. The summed E-state index contributed by atoms with van der Waals surface area (Å²) in [6.07, 6.45) is 6.10. The van der Waals surface area contributed by atoms with Crippen LogP contribution >= 0.6 is 0 Å². The van der Waals surface area contributed by atoms with Crippen LogP contribution in [0, 0.1) is 11.3 Å². The molecule has 1 aromatic carbocycles. The van der Waals surface area contributed by atoms with Crippen LogP contribution in [0.1, 0.15) is 63.1 Å². The van der Waals surface area contributed by atoms with E-state index < -0.39 is 0 Å². The molecule has 0 radical (unpaired) electrons. The maximum Gasteiger partial charge on any atom is 0.315 e. The first kappa shape index (κ1) is 19.3. The average Bonchev–Trinajstić information content (AvgIpc) is 2.65. The molecule has 1 fully saturated rings. The molecule has 136 valence electrons. The lowest BCUT2D eigenvalue weighted by Crippen LogP contribution is -2.49. The third-order valence-corrected chi connectivity index (χ3v) is 4.93. The van der Waals surface area contributed by atoms with Crippen LogP contribution < -0.4 is 10.6 Å². The van der Waals surface area contributed by atoms with Gasteiger partial charge in [0.1, 0.15) is 0 Å². The van der Waals surface area contributed by atoms with Crippen LogP contribution in [-0.2, 0) is 0 Å². The Balaban J connectivity index is 1.79. The van der Waals surface area contributed by atoms with Gasteiger partial charge in [-0.05, 0) is 57.0 Å². The number of carbonyl (C=O) groups is 1. The molecule has 0 bridgehead atoms. The summed E-state index contributed by atoms with van der Waals surface area (Å²) in [5.74, 6) is 0. The Labute approximate surface area is 151 Å². The van der Waals surface area contributed by atoms with E-state index in [0.717, 1.165) is 25.1 Å². The Morgan fingerprint density at radius 2 is 2.12 bits per heavy atom. The molecule has 2 N–H and O–H groups in total. The molecule has 2 rings (SSSR count). The molecule has 0 spiro atoms. The van der Waals surface area contributed by atoms with E-state index in [1.807, 2.05) is 19.1 Å². The molecule has 0 aliphatic carbocycles.